The van der Waals surface area contributed by atoms with Gasteiger partial charge in [-0.15, -0.1) is 23.2 Å². The number of rotatable bonds is 11. The summed E-state index contributed by atoms with van der Waals surface area (Å²) in [4.78, 5) is 48.0. The molecule has 0 spiro atoms. The molecule has 0 bridgehead atoms. The molecule has 1 heterocycles. The fraction of sp³-hybridized carbons (Fsp3) is 0.444. The lowest BCUT2D eigenvalue weighted by Gasteiger charge is -2.23. The number of esters is 1. The number of ether oxygens (including phenoxy) is 1. The van der Waals surface area contributed by atoms with Gasteiger partial charge in [-0.1, -0.05) is 12.1 Å². The molecule has 1 aromatic rings. The van der Waals surface area contributed by atoms with Crippen molar-refractivity contribution in [3.8, 4) is 0 Å². The van der Waals surface area contributed by atoms with Gasteiger partial charge in [0, 0.05) is 37.0 Å². The van der Waals surface area contributed by atoms with Crippen LogP contribution in [0.2, 0.25) is 0 Å². The molecule has 0 radical (unpaired) electrons. The lowest BCUT2D eigenvalue weighted by Crippen LogP contribution is -2.42. The molecular formula is C18H21Cl2N3O5. The van der Waals surface area contributed by atoms with E-state index in [1.54, 1.807) is 0 Å². The maximum Gasteiger partial charge on any atom is 0.329 e. The fourth-order valence-corrected chi connectivity index (χ4v) is 3.20. The van der Waals surface area contributed by atoms with E-state index in [2.05, 4.69) is 10.6 Å². The Bertz CT molecular complexity index is 708. The average Bonchev–Trinajstić information content (AvgIpc) is 2.98. The van der Waals surface area contributed by atoms with Crippen LogP contribution in [0, 0.1) is 0 Å². The van der Waals surface area contributed by atoms with Crippen LogP contribution in [0.4, 0.5) is 5.69 Å². The van der Waals surface area contributed by atoms with Crippen molar-refractivity contribution in [2.45, 2.75) is 25.0 Å². The first-order chi connectivity index (χ1) is 13.5. The van der Waals surface area contributed by atoms with Gasteiger partial charge in [0.05, 0.1) is 6.42 Å². The molecule has 0 saturated carbocycles. The number of alkyl halides is 2. The van der Waals surface area contributed by atoms with E-state index in [4.69, 9.17) is 27.9 Å². The SMILES string of the molecule is O=CN[C@@H](Cc1ccc(N(CCCl)CCCl)cc1)C(=O)OC1CC(=O)NC1=O. The fourth-order valence-electron chi connectivity index (χ4n) is 2.79. The molecule has 0 aromatic heterocycles. The van der Waals surface area contributed by atoms with E-state index in [1.807, 2.05) is 29.2 Å². The van der Waals surface area contributed by atoms with Crippen LogP contribution in [-0.4, -0.2) is 61.2 Å². The number of nitrogens with one attached hydrogen (secondary N) is 2. The zero-order chi connectivity index (χ0) is 20.5. The summed E-state index contributed by atoms with van der Waals surface area (Å²) in [5, 5.41) is 4.45. The summed E-state index contributed by atoms with van der Waals surface area (Å²) in [7, 11) is 0. The van der Waals surface area contributed by atoms with E-state index < -0.39 is 29.9 Å². The Labute approximate surface area is 172 Å². The molecule has 2 rings (SSSR count). The lowest BCUT2D eigenvalue weighted by molar-refractivity contribution is -0.156. The highest BCUT2D eigenvalue weighted by Crippen LogP contribution is 2.17. The van der Waals surface area contributed by atoms with Gasteiger partial charge in [-0.2, -0.15) is 0 Å². The van der Waals surface area contributed by atoms with E-state index in [0.717, 1.165) is 11.3 Å². The van der Waals surface area contributed by atoms with Gasteiger partial charge in [0.2, 0.25) is 12.3 Å². The molecule has 1 fully saturated rings. The van der Waals surface area contributed by atoms with Gasteiger partial charge in [-0.05, 0) is 17.7 Å². The van der Waals surface area contributed by atoms with Crippen molar-refractivity contribution in [2.75, 3.05) is 29.7 Å². The molecule has 1 aliphatic heterocycles. The number of hydrogen-bond donors (Lipinski definition) is 2. The Hall–Kier alpha value is -2.32. The second-order valence-electron chi connectivity index (χ2n) is 6.11. The summed E-state index contributed by atoms with van der Waals surface area (Å²) in [6.45, 7) is 1.30. The van der Waals surface area contributed by atoms with Gasteiger partial charge in [0.15, 0.2) is 6.10 Å². The summed E-state index contributed by atoms with van der Waals surface area (Å²) in [6, 6.07) is 6.42. The molecular weight excluding hydrogens is 409 g/mol. The van der Waals surface area contributed by atoms with E-state index in [-0.39, 0.29) is 12.8 Å². The first-order valence-corrected chi connectivity index (χ1v) is 9.75. The third kappa shape index (κ3) is 6.10. The van der Waals surface area contributed by atoms with Gasteiger partial charge >= 0.3 is 5.97 Å². The number of halogens is 2. The number of nitrogens with zero attached hydrogens (tertiary/aromatic N) is 1. The second-order valence-corrected chi connectivity index (χ2v) is 6.87. The molecule has 1 aliphatic rings. The number of carbonyl (C=O) groups is 4. The third-order valence-corrected chi connectivity index (χ3v) is 4.53. The van der Waals surface area contributed by atoms with Crippen LogP contribution in [0.25, 0.3) is 0 Å². The Morgan fingerprint density at radius 1 is 1.25 bits per heavy atom. The summed E-state index contributed by atoms with van der Waals surface area (Å²) in [5.41, 5.74) is 1.72. The molecule has 0 aliphatic carbocycles. The van der Waals surface area contributed by atoms with E-state index in [1.165, 1.54) is 0 Å². The number of anilines is 1. The van der Waals surface area contributed by atoms with Crippen LogP contribution in [0.1, 0.15) is 12.0 Å². The molecule has 1 unspecified atom stereocenters. The number of benzene rings is 1. The largest absolute Gasteiger partial charge is 0.450 e. The summed E-state index contributed by atoms with van der Waals surface area (Å²) < 4.78 is 5.08. The molecule has 1 aromatic carbocycles. The maximum absolute atomic E-state index is 12.3. The number of hydrogen-bond acceptors (Lipinski definition) is 6. The minimum atomic E-state index is -1.17. The van der Waals surface area contributed by atoms with Gasteiger partial charge in [-0.25, -0.2) is 4.79 Å². The Balaban J connectivity index is 2.02. The Kier molecular flexibility index (Phi) is 8.53. The smallest absolute Gasteiger partial charge is 0.329 e. The minimum absolute atomic E-state index is 0.172. The highest BCUT2D eigenvalue weighted by Gasteiger charge is 2.35. The van der Waals surface area contributed by atoms with Crippen LogP contribution in [0.15, 0.2) is 24.3 Å². The van der Waals surface area contributed by atoms with E-state index in [0.29, 0.717) is 31.3 Å². The zero-order valence-corrected chi connectivity index (χ0v) is 16.5. The van der Waals surface area contributed by atoms with E-state index in [9.17, 15) is 19.2 Å². The van der Waals surface area contributed by atoms with Gasteiger partial charge < -0.3 is 15.0 Å². The van der Waals surface area contributed by atoms with Crippen LogP contribution >= 0.6 is 23.2 Å². The normalized spacial score (nSPS) is 17.0. The summed E-state index contributed by atoms with van der Waals surface area (Å²) in [5.74, 6) is -1.01. The quantitative estimate of drug-likeness (QED) is 0.231. The Morgan fingerprint density at radius 2 is 1.89 bits per heavy atom. The van der Waals surface area contributed by atoms with Crippen molar-refractivity contribution in [3.63, 3.8) is 0 Å². The first-order valence-electron chi connectivity index (χ1n) is 8.68. The summed E-state index contributed by atoms with van der Waals surface area (Å²) >= 11 is 11.6. The topological polar surface area (TPSA) is 105 Å². The molecule has 3 amide bonds. The van der Waals surface area contributed by atoms with Crippen LogP contribution in [-0.2, 0) is 30.3 Å². The molecule has 1 saturated heterocycles. The van der Waals surface area contributed by atoms with Crippen LogP contribution in [0.5, 0.6) is 0 Å². The van der Waals surface area contributed by atoms with Gasteiger partial charge in [0.1, 0.15) is 6.04 Å². The predicted molar refractivity (Wildman–Crippen MR) is 104 cm³/mol. The van der Waals surface area contributed by atoms with Gasteiger partial charge in [-0.3, -0.25) is 19.7 Å². The molecule has 8 nitrogen and oxygen atoms in total. The zero-order valence-electron chi connectivity index (χ0n) is 15.0. The molecule has 2 N–H and O–H groups in total. The van der Waals surface area contributed by atoms with Crippen LogP contribution < -0.4 is 15.5 Å². The minimum Gasteiger partial charge on any atom is -0.450 e. The third-order valence-electron chi connectivity index (χ3n) is 4.19. The molecule has 152 valence electrons. The lowest BCUT2D eigenvalue weighted by atomic mass is 10.1. The van der Waals surface area contributed by atoms with Crippen LogP contribution in [0.3, 0.4) is 0 Å². The summed E-state index contributed by atoms with van der Waals surface area (Å²) in [6.07, 6.45) is -0.823. The average molecular weight is 430 g/mol. The number of carbonyl (C=O) groups excluding carboxylic acids is 4. The monoisotopic (exact) mass is 429 g/mol. The van der Waals surface area contributed by atoms with Crippen molar-refractivity contribution >= 4 is 53.1 Å². The second kappa shape index (κ2) is 10.9. The van der Waals surface area contributed by atoms with Crippen molar-refractivity contribution in [1.82, 2.24) is 10.6 Å². The highest BCUT2D eigenvalue weighted by molar-refractivity contribution is 6.18. The molecule has 2 atom stereocenters. The standard InChI is InChI=1S/C18H21Cl2N3O5/c19-5-7-23(8-6-20)13-3-1-12(2-4-13)9-14(21-11-24)18(27)28-15-10-16(25)22-17(15)26/h1-4,11,14-15H,5-10H2,(H,21,24)(H,22,25,26)/t14-,15?/m0/s1. The number of amides is 3. The van der Waals surface area contributed by atoms with E-state index >= 15 is 0 Å². The highest BCUT2D eigenvalue weighted by atomic mass is 35.5. The maximum atomic E-state index is 12.3. The van der Waals surface area contributed by atoms with Crippen molar-refractivity contribution in [3.05, 3.63) is 29.8 Å². The van der Waals surface area contributed by atoms with Crippen molar-refractivity contribution in [2.24, 2.45) is 0 Å². The van der Waals surface area contributed by atoms with Gasteiger partial charge in [0.25, 0.3) is 5.91 Å². The first kappa shape index (κ1) is 22.0. The molecule has 28 heavy (non-hydrogen) atoms. The predicted octanol–water partition coefficient (Wildman–Crippen LogP) is 0.586. The Morgan fingerprint density at radius 3 is 2.39 bits per heavy atom. The van der Waals surface area contributed by atoms with Crippen molar-refractivity contribution < 1.29 is 23.9 Å². The molecule has 10 heteroatoms. The number of imide groups is 1. The van der Waals surface area contributed by atoms with Crippen molar-refractivity contribution in [1.29, 1.82) is 0 Å².